The molecule has 54 valence electrons. The molecule has 1 rings (SSSR count). The van der Waals surface area contributed by atoms with Gasteiger partial charge in [0.15, 0.2) is 0 Å². The van der Waals surface area contributed by atoms with Crippen molar-refractivity contribution in [3.05, 3.63) is 24.2 Å². The lowest BCUT2D eigenvalue weighted by Gasteiger charge is -1.99. The minimum Gasteiger partial charge on any atom is -0.507 e. The van der Waals surface area contributed by atoms with E-state index in [4.69, 9.17) is 5.48 Å². The van der Waals surface area contributed by atoms with E-state index < -0.39 is 6.04 Å². The van der Waals surface area contributed by atoms with Gasteiger partial charge in [0.1, 0.15) is 5.75 Å². The molecule has 1 aromatic rings. The van der Waals surface area contributed by atoms with Gasteiger partial charge in [-0.15, -0.1) is 11.8 Å². The molecule has 2 heteroatoms. The van der Waals surface area contributed by atoms with Gasteiger partial charge < -0.3 is 5.11 Å². The number of thioether (sulfide) groups is 1. The second-order valence-electron chi connectivity index (χ2n) is 1.61. The zero-order valence-corrected chi connectivity index (χ0v) is 6.38. The summed E-state index contributed by atoms with van der Waals surface area (Å²) in [5, 5.41) is 9.48. The normalized spacial score (nSPS) is 15.3. The molecule has 0 saturated heterocycles. The predicted molar refractivity (Wildman–Crippen MR) is 44.5 cm³/mol. The zero-order chi connectivity index (χ0) is 10.9. The Morgan fingerprint density at radius 2 is 2.30 bits per heavy atom. The molecule has 0 spiro atoms. The number of aromatic hydroxyl groups is 1. The fourth-order valence-electron chi connectivity index (χ4n) is 0.543. The second kappa shape index (κ2) is 3.52. The van der Waals surface area contributed by atoms with Crippen molar-refractivity contribution < 1.29 is 10.6 Å². The van der Waals surface area contributed by atoms with Crippen molar-refractivity contribution in [1.29, 1.82) is 0 Å². The van der Waals surface area contributed by atoms with Crippen LogP contribution in [0.4, 0.5) is 0 Å². The van der Waals surface area contributed by atoms with Crippen LogP contribution < -0.4 is 0 Å². The summed E-state index contributed by atoms with van der Waals surface area (Å²) in [6.07, 6.45) is 0. The lowest BCUT2D eigenvalue weighted by molar-refractivity contribution is 0.462. The molecule has 1 aromatic carbocycles. The van der Waals surface area contributed by atoms with Crippen LogP contribution in [0.1, 0.15) is 12.4 Å². The minimum atomic E-state index is -0.395. The standard InChI is InChI=1S/C8H10OS/c1-2-10-8-6-4-3-5-7(8)9/h3-6,9H,2H2,1H3/i3D,4D,5D,6D. The topological polar surface area (TPSA) is 20.2 Å². The number of benzene rings is 1. The highest BCUT2D eigenvalue weighted by Gasteiger charge is 1.95. The van der Waals surface area contributed by atoms with E-state index in [2.05, 4.69) is 0 Å². The molecule has 0 aliphatic carbocycles. The number of rotatable bonds is 2. The first-order chi connectivity index (χ1) is 6.50. The van der Waals surface area contributed by atoms with Gasteiger partial charge in [-0.25, -0.2) is 0 Å². The summed E-state index contributed by atoms with van der Waals surface area (Å²) in [4.78, 5) is 0.221. The van der Waals surface area contributed by atoms with Gasteiger partial charge in [0, 0.05) is 4.90 Å². The van der Waals surface area contributed by atoms with Crippen molar-refractivity contribution in [3.8, 4) is 5.75 Å². The van der Waals surface area contributed by atoms with Crippen molar-refractivity contribution >= 4 is 11.8 Å². The molecule has 0 bridgehead atoms. The molecule has 0 aromatic heterocycles. The average Bonchev–Trinajstić information content (AvgIpc) is 2.19. The minimum absolute atomic E-state index is 0.171. The maximum Gasteiger partial charge on any atom is 0.129 e. The van der Waals surface area contributed by atoms with Crippen molar-refractivity contribution in [3.63, 3.8) is 0 Å². The molecule has 0 heterocycles. The molecule has 10 heavy (non-hydrogen) atoms. The Balaban J connectivity index is 3.43. The van der Waals surface area contributed by atoms with Crippen LogP contribution in [0.15, 0.2) is 29.1 Å². The molecule has 0 saturated carbocycles. The van der Waals surface area contributed by atoms with E-state index in [0.29, 0.717) is 5.75 Å². The van der Waals surface area contributed by atoms with Crippen LogP contribution in [0.3, 0.4) is 0 Å². The Labute approximate surface area is 70.7 Å². The molecule has 0 amide bonds. The summed E-state index contributed by atoms with van der Waals surface area (Å²) in [5.74, 6) is 0.290. The van der Waals surface area contributed by atoms with Gasteiger partial charge in [0.2, 0.25) is 0 Å². The van der Waals surface area contributed by atoms with E-state index in [0.717, 1.165) is 0 Å². The van der Waals surface area contributed by atoms with Gasteiger partial charge in [0.05, 0.1) is 5.48 Å². The molecule has 1 nitrogen and oxygen atoms in total. The molecule has 0 aliphatic rings. The van der Waals surface area contributed by atoms with Gasteiger partial charge in [-0.2, -0.15) is 0 Å². The quantitative estimate of drug-likeness (QED) is 0.667. The van der Waals surface area contributed by atoms with Crippen LogP contribution in [-0.2, 0) is 0 Å². The zero-order valence-electron chi connectivity index (χ0n) is 9.56. The van der Waals surface area contributed by atoms with Gasteiger partial charge in [-0.05, 0) is 17.8 Å². The SMILES string of the molecule is [2H]c1c([2H])c([2H])c(SCC)c(O)c1[2H]. The van der Waals surface area contributed by atoms with Crippen LogP contribution in [0, 0.1) is 0 Å². The largest absolute Gasteiger partial charge is 0.507 e. The Morgan fingerprint density at radius 1 is 1.60 bits per heavy atom. The van der Waals surface area contributed by atoms with Crippen LogP contribution >= 0.6 is 11.8 Å². The van der Waals surface area contributed by atoms with Crippen molar-refractivity contribution in [2.75, 3.05) is 5.75 Å². The van der Waals surface area contributed by atoms with Crippen LogP contribution in [0.2, 0.25) is 0 Å². The van der Waals surface area contributed by atoms with Crippen LogP contribution in [0.5, 0.6) is 5.75 Å². The highest BCUT2D eigenvalue weighted by molar-refractivity contribution is 7.99. The second-order valence-corrected chi connectivity index (χ2v) is 2.89. The Bertz CT molecular complexity index is 338. The van der Waals surface area contributed by atoms with Gasteiger partial charge in [-0.1, -0.05) is 19.0 Å². The molecule has 0 radical (unpaired) electrons. The van der Waals surface area contributed by atoms with Crippen molar-refractivity contribution in [1.82, 2.24) is 0 Å². The third-order valence-corrected chi connectivity index (χ3v) is 1.80. The third kappa shape index (κ3) is 1.67. The summed E-state index contributed by atoms with van der Waals surface area (Å²) < 4.78 is 29.5. The smallest absolute Gasteiger partial charge is 0.129 e. The van der Waals surface area contributed by atoms with E-state index >= 15 is 0 Å². The number of phenolic OH excluding ortho intramolecular Hbond substituents is 1. The summed E-state index contributed by atoms with van der Waals surface area (Å²) in [6, 6.07) is -1.24. The Morgan fingerprint density at radius 3 is 3.00 bits per heavy atom. The third-order valence-electron chi connectivity index (χ3n) is 0.923. The molecule has 0 atom stereocenters. The van der Waals surface area contributed by atoms with Crippen LogP contribution in [-0.4, -0.2) is 10.9 Å². The van der Waals surface area contributed by atoms with Crippen molar-refractivity contribution in [2.24, 2.45) is 0 Å². The summed E-state index contributed by atoms with van der Waals surface area (Å²) >= 11 is 1.20. The van der Waals surface area contributed by atoms with Crippen molar-refractivity contribution in [2.45, 2.75) is 11.8 Å². The number of hydrogen-bond donors (Lipinski definition) is 1. The number of phenols is 1. The van der Waals surface area contributed by atoms with E-state index in [-0.39, 0.29) is 28.8 Å². The van der Waals surface area contributed by atoms with E-state index in [1.165, 1.54) is 11.8 Å². The Kier molecular flexibility index (Phi) is 1.29. The molecule has 1 N–H and O–H groups in total. The van der Waals surface area contributed by atoms with Gasteiger partial charge >= 0.3 is 0 Å². The van der Waals surface area contributed by atoms with E-state index in [9.17, 15) is 5.11 Å². The summed E-state index contributed by atoms with van der Waals surface area (Å²) in [7, 11) is 0. The monoisotopic (exact) mass is 158 g/mol. The first-order valence-electron chi connectivity index (χ1n) is 4.92. The molecular weight excluding hydrogens is 144 g/mol. The predicted octanol–water partition coefficient (Wildman–Crippen LogP) is 2.50. The lowest BCUT2D eigenvalue weighted by atomic mass is 10.3. The number of hydrogen-bond acceptors (Lipinski definition) is 2. The van der Waals surface area contributed by atoms with E-state index in [1.54, 1.807) is 0 Å². The summed E-state index contributed by atoms with van der Waals surface area (Å²) in [6.45, 7) is 1.85. The molecular formula is C8H10OS. The lowest BCUT2D eigenvalue weighted by Crippen LogP contribution is -1.72. The highest BCUT2D eigenvalue weighted by atomic mass is 32.2. The number of para-hydroxylation sites is 1. The molecule has 0 aliphatic heterocycles. The molecule has 0 fully saturated rings. The van der Waals surface area contributed by atoms with E-state index in [1.807, 2.05) is 6.92 Å². The molecule has 0 unspecified atom stereocenters. The fourth-order valence-corrected chi connectivity index (χ4v) is 1.14. The maximum absolute atomic E-state index is 9.48. The van der Waals surface area contributed by atoms with Gasteiger partial charge in [0.25, 0.3) is 0 Å². The highest BCUT2D eigenvalue weighted by Crippen LogP contribution is 2.26. The maximum atomic E-state index is 9.48. The first-order valence-corrected chi connectivity index (χ1v) is 3.91. The van der Waals surface area contributed by atoms with Gasteiger partial charge in [-0.3, -0.25) is 0 Å². The first kappa shape index (κ1) is 3.67. The fraction of sp³-hybridized carbons (Fsp3) is 0.250. The Hall–Kier alpha value is -0.630. The van der Waals surface area contributed by atoms with Crippen LogP contribution in [0.25, 0.3) is 0 Å². The average molecular weight is 158 g/mol. The summed E-state index contributed by atoms with van der Waals surface area (Å²) in [5.41, 5.74) is 0.